The Labute approximate surface area is 172 Å². The number of rotatable bonds is 6. The molecule has 9 nitrogen and oxygen atoms in total. The zero-order chi connectivity index (χ0) is 21.3. The molecule has 1 aliphatic heterocycles. The number of hydrogen-bond donors (Lipinski definition) is 2. The van der Waals surface area contributed by atoms with Gasteiger partial charge in [0, 0.05) is 37.6 Å². The zero-order valence-corrected chi connectivity index (χ0v) is 16.9. The monoisotopic (exact) mass is 411 g/mol. The van der Waals surface area contributed by atoms with Gasteiger partial charge in [-0.05, 0) is 18.6 Å². The molecule has 4 heterocycles. The first kappa shape index (κ1) is 19.6. The van der Waals surface area contributed by atoms with Crippen LogP contribution in [0, 0.1) is 12.7 Å². The number of ether oxygens (including phenoxy) is 1. The maximum Gasteiger partial charge on any atom is 0.250 e. The highest BCUT2D eigenvalue weighted by molar-refractivity contribution is 6.02. The van der Waals surface area contributed by atoms with Crippen molar-refractivity contribution in [3.05, 3.63) is 53.4 Å². The minimum Gasteiger partial charge on any atom is -0.479 e. The maximum absolute atomic E-state index is 13.8. The summed E-state index contributed by atoms with van der Waals surface area (Å²) in [6.07, 6.45) is 5.20. The van der Waals surface area contributed by atoms with Crippen LogP contribution in [0.1, 0.15) is 16.8 Å². The molecule has 0 aliphatic carbocycles. The summed E-state index contributed by atoms with van der Waals surface area (Å²) in [6.45, 7) is 3.10. The molecule has 0 spiro atoms. The van der Waals surface area contributed by atoms with Crippen LogP contribution in [0.15, 0.2) is 30.7 Å². The Bertz CT molecular complexity index is 1100. The predicted molar refractivity (Wildman–Crippen MR) is 110 cm³/mol. The van der Waals surface area contributed by atoms with Crippen molar-refractivity contribution in [2.24, 2.45) is 0 Å². The predicted octanol–water partition coefficient (Wildman–Crippen LogP) is 2.18. The van der Waals surface area contributed by atoms with E-state index in [0.29, 0.717) is 31.0 Å². The molecule has 0 fully saturated rings. The lowest BCUT2D eigenvalue weighted by atomic mass is 10.2. The highest BCUT2D eigenvalue weighted by atomic mass is 19.1. The number of halogens is 1. The summed E-state index contributed by atoms with van der Waals surface area (Å²) in [5, 5.41) is 10.5. The molecular weight excluding hydrogens is 389 g/mol. The van der Waals surface area contributed by atoms with Crippen molar-refractivity contribution in [2.45, 2.75) is 20.0 Å². The number of methoxy groups -OCH3 is 1. The van der Waals surface area contributed by atoms with E-state index >= 15 is 0 Å². The normalized spacial score (nSPS) is 13.1. The first-order valence-electron chi connectivity index (χ1n) is 9.39. The lowest BCUT2D eigenvalue weighted by Gasteiger charge is -2.28. The van der Waals surface area contributed by atoms with Crippen molar-refractivity contribution in [3.8, 4) is 5.88 Å². The second-order valence-corrected chi connectivity index (χ2v) is 7.13. The molecule has 30 heavy (non-hydrogen) atoms. The van der Waals surface area contributed by atoms with E-state index in [-0.39, 0.29) is 11.8 Å². The molecule has 0 radical (unpaired) electrons. The van der Waals surface area contributed by atoms with Gasteiger partial charge in [0.15, 0.2) is 5.82 Å². The SMILES string of the molecule is COc1ncc(Cn2cc(CNc3cc4c(c(C)n3)NC(=O)CN4C)cn2)cc1F. The maximum atomic E-state index is 13.8. The van der Waals surface area contributed by atoms with Crippen molar-refractivity contribution in [1.82, 2.24) is 19.7 Å². The summed E-state index contributed by atoms with van der Waals surface area (Å²) in [7, 11) is 3.26. The number of hydrogen-bond acceptors (Lipinski definition) is 7. The second kappa shape index (κ2) is 7.97. The average Bonchev–Trinajstić information content (AvgIpc) is 3.15. The van der Waals surface area contributed by atoms with Gasteiger partial charge in [0.1, 0.15) is 5.82 Å². The van der Waals surface area contributed by atoms with Gasteiger partial charge < -0.3 is 20.3 Å². The topological polar surface area (TPSA) is 97.2 Å². The highest BCUT2D eigenvalue weighted by Crippen LogP contribution is 2.32. The molecule has 3 aromatic rings. The standard InChI is InChI=1S/C20H22FN7O2/c1-12-19-16(27(2)11-18(29)26-19)5-17(25-12)22-7-14-8-24-28(10-14)9-13-4-15(21)20(30-3)23-6-13/h4-6,8,10H,7,9,11H2,1-3H3,(H,22,25)(H,26,29). The van der Waals surface area contributed by atoms with E-state index in [2.05, 4.69) is 25.7 Å². The number of fused-ring (bicyclic) bond motifs is 1. The largest absolute Gasteiger partial charge is 0.479 e. The average molecular weight is 411 g/mol. The van der Waals surface area contributed by atoms with Gasteiger partial charge in [0.2, 0.25) is 11.8 Å². The van der Waals surface area contributed by atoms with Crippen LogP contribution in [0.3, 0.4) is 0 Å². The Morgan fingerprint density at radius 1 is 1.30 bits per heavy atom. The quantitative estimate of drug-likeness (QED) is 0.642. The van der Waals surface area contributed by atoms with Crippen molar-refractivity contribution in [1.29, 1.82) is 0 Å². The molecular formula is C20H22FN7O2. The summed E-state index contributed by atoms with van der Waals surface area (Å²) >= 11 is 0. The van der Waals surface area contributed by atoms with Crippen LogP contribution in [0.5, 0.6) is 5.88 Å². The summed E-state index contributed by atoms with van der Waals surface area (Å²) in [6, 6.07) is 3.30. The van der Waals surface area contributed by atoms with Crippen LogP contribution in [-0.4, -0.2) is 46.4 Å². The molecule has 0 bridgehead atoms. The molecule has 3 aromatic heterocycles. The molecule has 0 unspecified atom stereocenters. The number of anilines is 3. The minimum absolute atomic E-state index is 0.0258. The summed E-state index contributed by atoms with van der Waals surface area (Å²) in [5.41, 5.74) is 4.06. The Morgan fingerprint density at radius 2 is 2.13 bits per heavy atom. The van der Waals surface area contributed by atoms with Gasteiger partial charge in [0.05, 0.1) is 43.5 Å². The van der Waals surface area contributed by atoms with E-state index < -0.39 is 5.82 Å². The molecule has 10 heteroatoms. The number of aryl methyl sites for hydroxylation is 1. The fourth-order valence-electron chi connectivity index (χ4n) is 3.35. The number of pyridine rings is 2. The van der Waals surface area contributed by atoms with Gasteiger partial charge in [-0.3, -0.25) is 9.48 Å². The Kier molecular flexibility index (Phi) is 5.21. The molecule has 156 valence electrons. The van der Waals surface area contributed by atoms with E-state index in [9.17, 15) is 9.18 Å². The number of nitrogens with one attached hydrogen (secondary N) is 2. The summed E-state index contributed by atoms with van der Waals surface area (Å²) in [5.74, 6) is 0.139. The number of nitrogens with zero attached hydrogens (tertiary/aromatic N) is 5. The number of aromatic nitrogens is 4. The van der Waals surface area contributed by atoms with Crippen LogP contribution >= 0.6 is 0 Å². The molecule has 0 atom stereocenters. The molecule has 0 saturated heterocycles. The molecule has 0 aromatic carbocycles. The Balaban J connectivity index is 1.42. The van der Waals surface area contributed by atoms with Crippen molar-refractivity contribution >= 4 is 23.1 Å². The van der Waals surface area contributed by atoms with Gasteiger partial charge in [-0.15, -0.1) is 0 Å². The highest BCUT2D eigenvalue weighted by Gasteiger charge is 2.22. The third kappa shape index (κ3) is 4.02. The van der Waals surface area contributed by atoms with Crippen LogP contribution in [0.4, 0.5) is 21.6 Å². The van der Waals surface area contributed by atoms with Crippen molar-refractivity contribution in [3.63, 3.8) is 0 Å². The molecule has 1 amide bonds. The van der Waals surface area contributed by atoms with Crippen LogP contribution in [0.2, 0.25) is 0 Å². The van der Waals surface area contributed by atoms with Crippen LogP contribution < -0.4 is 20.3 Å². The number of amides is 1. The van der Waals surface area contributed by atoms with Gasteiger partial charge in [-0.1, -0.05) is 0 Å². The van der Waals surface area contributed by atoms with E-state index in [4.69, 9.17) is 4.74 Å². The first-order chi connectivity index (χ1) is 14.4. The Hall–Kier alpha value is -3.69. The van der Waals surface area contributed by atoms with Gasteiger partial charge in [-0.25, -0.2) is 14.4 Å². The van der Waals surface area contributed by atoms with Crippen molar-refractivity contribution in [2.75, 3.05) is 36.2 Å². The summed E-state index contributed by atoms with van der Waals surface area (Å²) in [4.78, 5) is 22.1. The second-order valence-electron chi connectivity index (χ2n) is 7.13. The number of carbonyl (C=O) groups is 1. The number of carbonyl (C=O) groups excluding carboxylic acids is 1. The Morgan fingerprint density at radius 3 is 2.90 bits per heavy atom. The smallest absolute Gasteiger partial charge is 0.250 e. The lowest BCUT2D eigenvalue weighted by Crippen LogP contribution is -2.36. The lowest BCUT2D eigenvalue weighted by molar-refractivity contribution is -0.115. The zero-order valence-electron chi connectivity index (χ0n) is 16.9. The summed E-state index contributed by atoms with van der Waals surface area (Å²) < 4.78 is 20.4. The first-order valence-corrected chi connectivity index (χ1v) is 9.39. The van der Waals surface area contributed by atoms with Gasteiger partial charge in [-0.2, -0.15) is 5.10 Å². The van der Waals surface area contributed by atoms with E-state index in [1.165, 1.54) is 13.2 Å². The van der Waals surface area contributed by atoms with Crippen LogP contribution in [0.25, 0.3) is 0 Å². The third-order valence-electron chi connectivity index (χ3n) is 4.80. The van der Waals surface area contributed by atoms with Gasteiger partial charge in [0.25, 0.3) is 0 Å². The van der Waals surface area contributed by atoms with E-state index in [1.807, 2.05) is 31.1 Å². The van der Waals surface area contributed by atoms with E-state index in [0.717, 1.165) is 22.6 Å². The minimum atomic E-state index is -0.501. The van der Waals surface area contributed by atoms with Gasteiger partial charge >= 0.3 is 0 Å². The molecule has 4 rings (SSSR count). The van der Waals surface area contributed by atoms with Crippen LogP contribution in [-0.2, 0) is 17.9 Å². The fraction of sp³-hybridized carbons (Fsp3) is 0.300. The molecule has 1 aliphatic rings. The number of likely N-dealkylation sites (N-methyl/N-ethyl adjacent to an activating group) is 1. The van der Waals surface area contributed by atoms with Crippen molar-refractivity contribution < 1.29 is 13.9 Å². The molecule has 2 N–H and O–H groups in total. The van der Waals surface area contributed by atoms with E-state index in [1.54, 1.807) is 17.1 Å². The third-order valence-corrected chi connectivity index (χ3v) is 4.80. The fourth-order valence-corrected chi connectivity index (χ4v) is 3.35. The molecule has 0 saturated carbocycles.